The van der Waals surface area contributed by atoms with Crippen molar-refractivity contribution in [3.05, 3.63) is 84.2 Å². The molecule has 0 saturated carbocycles. The number of carbonyl (C=O) groups excluding carboxylic acids is 1. The van der Waals surface area contributed by atoms with Crippen molar-refractivity contribution in [2.75, 3.05) is 13.1 Å². The van der Waals surface area contributed by atoms with E-state index in [9.17, 15) is 4.79 Å². The SMILES string of the molecule is O=C(NC1CCN(Cc2ccccc2)C1)c1ccc(-n2cccn2)cc1. The van der Waals surface area contributed by atoms with E-state index in [0.29, 0.717) is 5.56 Å². The fourth-order valence-electron chi connectivity index (χ4n) is 3.39. The lowest BCUT2D eigenvalue weighted by molar-refractivity contribution is 0.0937. The zero-order valence-corrected chi connectivity index (χ0v) is 14.6. The summed E-state index contributed by atoms with van der Waals surface area (Å²) in [6.07, 6.45) is 4.61. The Morgan fingerprint density at radius 3 is 2.62 bits per heavy atom. The van der Waals surface area contributed by atoms with E-state index in [-0.39, 0.29) is 11.9 Å². The van der Waals surface area contributed by atoms with E-state index in [1.54, 1.807) is 10.9 Å². The first-order valence-corrected chi connectivity index (χ1v) is 8.95. The predicted octanol–water partition coefficient (Wildman–Crippen LogP) is 2.88. The molecule has 2 heterocycles. The van der Waals surface area contributed by atoms with Gasteiger partial charge in [0.1, 0.15) is 0 Å². The lowest BCUT2D eigenvalue weighted by Gasteiger charge is -2.17. The summed E-state index contributed by atoms with van der Waals surface area (Å²) in [6, 6.07) is 20.1. The molecule has 1 aliphatic rings. The third-order valence-electron chi connectivity index (χ3n) is 4.76. The number of carbonyl (C=O) groups is 1. The van der Waals surface area contributed by atoms with Gasteiger partial charge in [-0.25, -0.2) is 4.68 Å². The summed E-state index contributed by atoms with van der Waals surface area (Å²) in [5.41, 5.74) is 2.94. The highest BCUT2D eigenvalue weighted by molar-refractivity contribution is 5.94. The highest BCUT2D eigenvalue weighted by Crippen LogP contribution is 2.15. The molecule has 1 saturated heterocycles. The van der Waals surface area contributed by atoms with Crippen molar-refractivity contribution in [2.24, 2.45) is 0 Å². The highest BCUT2D eigenvalue weighted by atomic mass is 16.1. The molecule has 5 nitrogen and oxygen atoms in total. The van der Waals surface area contributed by atoms with Gasteiger partial charge in [-0.05, 0) is 42.3 Å². The Balaban J connectivity index is 1.32. The van der Waals surface area contributed by atoms with E-state index in [1.165, 1.54) is 5.56 Å². The Labute approximate surface area is 153 Å². The van der Waals surface area contributed by atoms with E-state index in [0.717, 1.165) is 31.7 Å². The summed E-state index contributed by atoms with van der Waals surface area (Å²) in [7, 11) is 0. The predicted molar refractivity (Wildman–Crippen MR) is 101 cm³/mol. The summed E-state index contributed by atoms with van der Waals surface area (Å²) in [5, 5.41) is 7.36. The van der Waals surface area contributed by atoms with E-state index in [1.807, 2.05) is 42.6 Å². The van der Waals surface area contributed by atoms with E-state index < -0.39 is 0 Å². The molecule has 1 unspecified atom stereocenters. The van der Waals surface area contributed by atoms with Crippen molar-refractivity contribution in [1.29, 1.82) is 0 Å². The standard InChI is InChI=1S/C21H22N4O/c26-21(18-7-9-20(10-8-18)25-13-4-12-22-25)23-19-11-14-24(16-19)15-17-5-2-1-3-6-17/h1-10,12-13,19H,11,14-16H2,(H,23,26). The van der Waals surface area contributed by atoms with Gasteiger partial charge in [0, 0.05) is 43.6 Å². The lowest BCUT2D eigenvalue weighted by atomic mass is 10.1. The van der Waals surface area contributed by atoms with Crippen molar-refractivity contribution < 1.29 is 4.79 Å². The molecule has 2 aromatic carbocycles. The van der Waals surface area contributed by atoms with Crippen LogP contribution in [0.25, 0.3) is 5.69 Å². The molecule has 1 atom stereocenters. The number of hydrogen-bond acceptors (Lipinski definition) is 3. The van der Waals surface area contributed by atoms with Crippen molar-refractivity contribution in [3.63, 3.8) is 0 Å². The quantitative estimate of drug-likeness (QED) is 0.773. The van der Waals surface area contributed by atoms with Gasteiger partial charge in [-0.2, -0.15) is 5.10 Å². The van der Waals surface area contributed by atoms with Crippen molar-refractivity contribution in [1.82, 2.24) is 20.0 Å². The Morgan fingerprint density at radius 2 is 1.88 bits per heavy atom. The number of likely N-dealkylation sites (tertiary alicyclic amines) is 1. The molecule has 1 fully saturated rings. The molecule has 0 radical (unpaired) electrons. The number of aromatic nitrogens is 2. The molecule has 26 heavy (non-hydrogen) atoms. The van der Waals surface area contributed by atoms with Crippen molar-refractivity contribution in [3.8, 4) is 5.69 Å². The molecular weight excluding hydrogens is 324 g/mol. The van der Waals surface area contributed by atoms with Crippen LogP contribution in [0, 0.1) is 0 Å². The average Bonchev–Trinajstić information content (AvgIpc) is 3.35. The van der Waals surface area contributed by atoms with Crippen LogP contribution in [0.4, 0.5) is 0 Å². The Morgan fingerprint density at radius 1 is 1.08 bits per heavy atom. The molecule has 1 amide bonds. The molecule has 1 aliphatic heterocycles. The largest absolute Gasteiger partial charge is 0.348 e. The first-order chi connectivity index (χ1) is 12.8. The molecule has 132 valence electrons. The van der Waals surface area contributed by atoms with Crippen LogP contribution in [0.2, 0.25) is 0 Å². The minimum atomic E-state index is -0.0106. The Kier molecular flexibility index (Phi) is 4.80. The molecule has 0 spiro atoms. The molecule has 1 aromatic heterocycles. The summed E-state index contributed by atoms with van der Waals surface area (Å²) in [5.74, 6) is -0.0106. The highest BCUT2D eigenvalue weighted by Gasteiger charge is 2.24. The number of hydrogen-bond donors (Lipinski definition) is 1. The molecule has 5 heteroatoms. The maximum Gasteiger partial charge on any atom is 0.251 e. The van der Waals surface area contributed by atoms with Crippen LogP contribution in [0.3, 0.4) is 0 Å². The van der Waals surface area contributed by atoms with Crippen molar-refractivity contribution in [2.45, 2.75) is 19.0 Å². The van der Waals surface area contributed by atoms with Crippen LogP contribution in [0.5, 0.6) is 0 Å². The summed E-state index contributed by atoms with van der Waals surface area (Å²) >= 11 is 0. The Hall–Kier alpha value is -2.92. The van der Waals surface area contributed by atoms with Crippen LogP contribution < -0.4 is 5.32 Å². The van der Waals surface area contributed by atoms with Gasteiger partial charge in [-0.1, -0.05) is 30.3 Å². The zero-order valence-electron chi connectivity index (χ0n) is 14.6. The number of nitrogens with one attached hydrogen (secondary N) is 1. The minimum absolute atomic E-state index is 0.0106. The normalized spacial score (nSPS) is 17.3. The number of nitrogens with zero attached hydrogens (tertiary/aromatic N) is 3. The van der Waals surface area contributed by atoms with Gasteiger partial charge in [0.15, 0.2) is 0 Å². The van der Waals surface area contributed by atoms with Gasteiger partial charge < -0.3 is 5.32 Å². The van der Waals surface area contributed by atoms with Gasteiger partial charge in [-0.15, -0.1) is 0 Å². The van der Waals surface area contributed by atoms with Gasteiger partial charge in [-0.3, -0.25) is 9.69 Å². The maximum atomic E-state index is 12.5. The van der Waals surface area contributed by atoms with E-state index >= 15 is 0 Å². The molecular formula is C21H22N4O. The van der Waals surface area contributed by atoms with E-state index in [2.05, 4.69) is 39.6 Å². The van der Waals surface area contributed by atoms with E-state index in [4.69, 9.17) is 0 Å². The average molecular weight is 346 g/mol. The third-order valence-corrected chi connectivity index (χ3v) is 4.76. The summed E-state index contributed by atoms with van der Waals surface area (Å²) < 4.78 is 1.78. The van der Waals surface area contributed by atoms with Crippen LogP contribution in [-0.4, -0.2) is 39.7 Å². The summed E-state index contributed by atoms with van der Waals surface area (Å²) in [4.78, 5) is 14.9. The van der Waals surface area contributed by atoms with Gasteiger partial charge in [0.2, 0.25) is 0 Å². The molecule has 3 aromatic rings. The number of rotatable bonds is 5. The lowest BCUT2D eigenvalue weighted by Crippen LogP contribution is -2.37. The van der Waals surface area contributed by atoms with Gasteiger partial charge in [0.05, 0.1) is 5.69 Å². The molecule has 0 aliphatic carbocycles. The summed E-state index contributed by atoms with van der Waals surface area (Å²) in [6.45, 7) is 2.84. The molecule has 4 rings (SSSR count). The van der Waals surface area contributed by atoms with Gasteiger partial charge >= 0.3 is 0 Å². The van der Waals surface area contributed by atoms with Crippen LogP contribution in [0.15, 0.2) is 73.1 Å². The van der Waals surface area contributed by atoms with Crippen molar-refractivity contribution >= 4 is 5.91 Å². The molecule has 0 bridgehead atoms. The maximum absolute atomic E-state index is 12.5. The van der Waals surface area contributed by atoms with Crippen LogP contribution in [-0.2, 0) is 6.54 Å². The van der Waals surface area contributed by atoms with Crippen LogP contribution >= 0.6 is 0 Å². The first kappa shape index (κ1) is 16.5. The van der Waals surface area contributed by atoms with Gasteiger partial charge in [0.25, 0.3) is 5.91 Å². The third kappa shape index (κ3) is 3.83. The number of benzene rings is 2. The number of amides is 1. The minimum Gasteiger partial charge on any atom is -0.348 e. The fraction of sp³-hybridized carbons (Fsp3) is 0.238. The topological polar surface area (TPSA) is 50.2 Å². The first-order valence-electron chi connectivity index (χ1n) is 8.95. The second-order valence-corrected chi connectivity index (χ2v) is 6.68. The fourth-order valence-corrected chi connectivity index (χ4v) is 3.39. The second kappa shape index (κ2) is 7.54. The zero-order chi connectivity index (χ0) is 17.8. The Bertz CT molecular complexity index is 843. The van der Waals surface area contributed by atoms with Crippen LogP contribution in [0.1, 0.15) is 22.3 Å². The monoisotopic (exact) mass is 346 g/mol. The second-order valence-electron chi connectivity index (χ2n) is 6.68. The smallest absolute Gasteiger partial charge is 0.251 e. The molecule has 1 N–H and O–H groups in total.